The number of carbonyl (C=O) groups excluding carboxylic acids is 1. The molecule has 148 valence electrons. The van der Waals surface area contributed by atoms with E-state index in [4.69, 9.17) is 38.9 Å². The van der Waals surface area contributed by atoms with Gasteiger partial charge in [0.25, 0.3) is 5.91 Å². The van der Waals surface area contributed by atoms with E-state index in [1.807, 2.05) is 0 Å². The van der Waals surface area contributed by atoms with E-state index in [-0.39, 0.29) is 38.9 Å². The lowest BCUT2D eigenvalue weighted by atomic mass is 10.1. The molecule has 0 atom stereocenters. The van der Waals surface area contributed by atoms with E-state index in [0.717, 1.165) is 19.3 Å². The highest BCUT2D eigenvalue weighted by Crippen LogP contribution is 2.38. The minimum atomic E-state index is -0.248. The summed E-state index contributed by atoms with van der Waals surface area (Å²) in [4.78, 5) is 14.4. The predicted molar refractivity (Wildman–Crippen MR) is 107 cm³/mol. The smallest absolute Gasteiger partial charge is 0.257 e. The molecule has 4 N–H and O–H groups in total. The van der Waals surface area contributed by atoms with Crippen molar-refractivity contribution in [3.05, 3.63) is 51.5 Å². The average Bonchev–Trinajstić information content (AvgIpc) is 2.71. The number of nitrogens with two attached hydrogens (primary N) is 1. The summed E-state index contributed by atoms with van der Waals surface area (Å²) >= 11 is 12.4. The average molecular weight is 424 g/mol. The van der Waals surface area contributed by atoms with Crippen LogP contribution in [-0.4, -0.2) is 40.0 Å². The summed E-state index contributed by atoms with van der Waals surface area (Å²) in [7, 11) is 0. The number of nitrogens with zero attached hydrogens (tertiary/aromatic N) is 2. The molecular formula is C19H19Cl2N3O4. The zero-order chi connectivity index (χ0) is 20.3. The molecular weight excluding hydrogens is 405 g/mol. The van der Waals surface area contributed by atoms with E-state index in [0.29, 0.717) is 24.4 Å². The molecule has 7 nitrogen and oxygen atoms in total. The first-order chi connectivity index (χ1) is 13.4. The molecule has 1 fully saturated rings. The minimum Gasteiger partial charge on any atom is -0.507 e. The number of hydrogen-bond acceptors (Lipinski definition) is 5. The van der Waals surface area contributed by atoms with Crippen molar-refractivity contribution in [2.45, 2.75) is 19.3 Å². The molecule has 0 saturated carbocycles. The van der Waals surface area contributed by atoms with Gasteiger partial charge in [0.15, 0.2) is 11.6 Å². The molecule has 3 rings (SSSR count). The van der Waals surface area contributed by atoms with Crippen molar-refractivity contribution in [1.29, 1.82) is 0 Å². The first-order valence-corrected chi connectivity index (χ1v) is 9.43. The van der Waals surface area contributed by atoms with Crippen molar-refractivity contribution in [2.75, 3.05) is 13.1 Å². The van der Waals surface area contributed by atoms with Crippen molar-refractivity contribution in [1.82, 2.24) is 4.90 Å². The third kappa shape index (κ3) is 4.26. The molecule has 1 aliphatic rings. The summed E-state index contributed by atoms with van der Waals surface area (Å²) in [5.74, 6) is -0.0719. The van der Waals surface area contributed by atoms with Crippen LogP contribution < -0.4 is 10.5 Å². The molecule has 0 radical (unpaired) electrons. The molecule has 0 unspecified atom stereocenters. The first-order valence-electron chi connectivity index (χ1n) is 8.68. The number of oxime groups is 1. The fourth-order valence-corrected chi connectivity index (χ4v) is 3.56. The first kappa shape index (κ1) is 20.1. The molecule has 9 heteroatoms. The Kier molecular flexibility index (Phi) is 6.16. The Hall–Kier alpha value is -2.64. The van der Waals surface area contributed by atoms with Crippen LogP contribution >= 0.6 is 23.2 Å². The molecule has 0 bridgehead atoms. The number of amides is 1. The minimum absolute atomic E-state index is 0.123. The van der Waals surface area contributed by atoms with Crippen LogP contribution in [0.5, 0.6) is 17.2 Å². The summed E-state index contributed by atoms with van der Waals surface area (Å²) in [6.45, 7) is 1.33. The highest BCUT2D eigenvalue weighted by molar-refractivity contribution is 6.37. The summed E-state index contributed by atoms with van der Waals surface area (Å²) < 4.78 is 5.75. The van der Waals surface area contributed by atoms with Gasteiger partial charge in [-0.15, -0.1) is 0 Å². The second-order valence-electron chi connectivity index (χ2n) is 6.39. The zero-order valence-corrected chi connectivity index (χ0v) is 16.4. The molecule has 0 spiro atoms. The second-order valence-corrected chi connectivity index (χ2v) is 7.20. The van der Waals surface area contributed by atoms with Crippen LogP contribution in [-0.2, 0) is 0 Å². The number of aromatic hydroxyl groups is 1. The van der Waals surface area contributed by atoms with Crippen molar-refractivity contribution in [3.8, 4) is 17.2 Å². The Labute approximate surface area is 171 Å². The van der Waals surface area contributed by atoms with Gasteiger partial charge in [-0.05, 0) is 49.6 Å². The van der Waals surface area contributed by atoms with E-state index >= 15 is 0 Å². The number of ether oxygens (including phenoxy) is 1. The number of phenolic OH excluding ortho intramolecular Hbond substituents is 1. The van der Waals surface area contributed by atoms with Crippen molar-refractivity contribution in [3.63, 3.8) is 0 Å². The van der Waals surface area contributed by atoms with Crippen LogP contribution in [0.15, 0.2) is 35.5 Å². The third-order valence-electron chi connectivity index (χ3n) is 4.46. The quantitative estimate of drug-likeness (QED) is 0.295. The summed E-state index contributed by atoms with van der Waals surface area (Å²) in [5, 5.41) is 22.1. The molecule has 28 heavy (non-hydrogen) atoms. The molecule has 1 amide bonds. The number of benzene rings is 2. The molecule has 2 aromatic carbocycles. The Morgan fingerprint density at radius 1 is 1.11 bits per heavy atom. The number of phenols is 1. The topological polar surface area (TPSA) is 108 Å². The number of likely N-dealkylation sites (tertiary alicyclic amines) is 1. The predicted octanol–water partition coefficient (Wildman–Crippen LogP) is 4.21. The summed E-state index contributed by atoms with van der Waals surface area (Å²) in [5.41, 5.74) is 6.03. The van der Waals surface area contributed by atoms with E-state index < -0.39 is 0 Å². The van der Waals surface area contributed by atoms with Crippen LogP contribution in [0.3, 0.4) is 0 Å². The maximum absolute atomic E-state index is 12.7. The molecule has 1 aliphatic heterocycles. The summed E-state index contributed by atoms with van der Waals surface area (Å²) in [6, 6.07) is 7.23. The van der Waals surface area contributed by atoms with Gasteiger partial charge in [0.1, 0.15) is 11.5 Å². The van der Waals surface area contributed by atoms with Crippen molar-refractivity contribution < 1.29 is 19.8 Å². The van der Waals surface area contributed by atoms with E-state index in [1.165, 1.54) is 30.3 Å². The lowest BCUT2D eigenvalue weighted by Crippen LogP contribution is -2.35. The maximum atomic E-state index is 12.7. The number of piperidine rings is 1. The standard InChI is InChI=1S/C19H19Cl2N3O4/c20-14-8-11(18(22)23-27)9-15(21)17(14)28-12-4-5-16(25)13(10-12)19(26)24-6-2-1-3-7-24/h4-5,8-10,25,27H,1-3,6-7H2,(H2,22,23). The van der Waals surface area contributed by atoms with Crippen molar-refractivity contribution >= 4 is 34.9 Å². The Morgan fingerprint density at radius 3 is 2.36 bits per heavy atom. The van der Waals surface area contributed by atoms with E-state index in [1.54, 1.807) is 4.90 Å². The van der Waals surface area contributed by atoms with Gasteiger partial charge in [0, 0.05) is 18.7 Å². The number of hydrogen-bond donors (Lipinski definition) is 3. The number of halogens is 2. The van der Waals surface area contributed by atoms with Gasteiger partial charge in [0.2, 0.25) is 0 Å². The van der Waals surface area contributed by atoms with Crippen molar-refractivity contribution in [2.24, 2.45) is 10.9 Å². The van der Waals surface area contributed by atoms with Crippen LogP contribution in [0.4, 0.5) is 0 Å². The molecule has 1 heterocycles. The van der Waals surface area contributed by atoms with Gasteiger partial charge in [-0.25, -0.2) is 0 Å². The monoisotopic (exact) mass is 423 g/mol. The largest absolute Gasteiger partial charge is 0.507 e. The fraction of sp³-hybridized carbons (Fsp3) is 0.263. The lowest BCUT2D eigenvalue weighted by molar-refractivity contribution is 0.0721. The van der Waals surface area contributed by atoms with Gasteiger partial charge in [-0.3, -0.25) is 4.79 Å². The number of amidine groups is 1. The van der Waals surface area contributed by atoms with Gasteiger partial charge < -0.3 is 25.7 Å². The highest BCUT2D eigenvalue weighted by atomic mass is 35.5. The Bertz CT molecular complexity index is 904. The second kappa shape index (κ2) is 8.58. The molecule has 0 aliphatic carbocycles. The zero-order valence-electron chi connectivity index (χ0n) is 14.9. The van der Waals surface area contributed by atoms with E-state index in [9.17, 15) is 9.90 Å². The van der Waals surface area contributed by atoms with Crippen LogP contribution in [0.2, 0.25) is 10.0 Å². The Morgan fingerprint density at radius 2 is 1.75 bits per heavy atom. The van der Waals surface area contributed by atoms with Gasteiger partial charge in [0.05, 0.1) is 15.6 Å². The molecule has 0 aromatic heterocycles. The molecule has 1 saturated heterocycles. The van der Waals surface area contributed by atoms with E-state index in [2.05, 4.69) is 5.16 Å². The normalized spacial score (nSPS) is 14.8. The summed E-state index contributed by atoms with van der Waals surface area (Å²) in [6.07, 6.45) is 2.98. The van der Waals surface area contributed by atoms with Crippen LogP contribution in [0.1, 0.15) is 35.2 Å². The lowest BCUT2D eigenvalue weighted by Gasteiger charge is -2.27. The number of carbonyl (C=O) groups is 1. The van der Waals surface area contributed by atoms with Gasteiger partial charge in [-0.1, -0.05) is 28.4 Å². The highest BCUT2D eigenvalue weighted by Gasteiger charge is 2.22. The van der Waals surface area contributed by atoms with Gasteiger partial charge in [-0.2, -0.15) is 0 Å². The SMILES string of the molecule is N/C(=N\O)c1cc(Cl)c(Oc2ccc(O)c(C(=O)N3CCCCC3)c2)c(Cl)c1. The molecule has 2 aromatic rings. The maximum Gasteiger partial charge on any atom is 0.257 e. The fourth-order valence-electron chi connectivity index (χ4n) is 3.00. The number of rotatable bonds is 4. The third-order valence-corrected chi connectivity index (χ3v) is 5.02. The van der Waals surface area contributed by atoms with Gasteiger partial charge >= 0.3 is 0 Å². The van der Waals surface area contributed by atoms with Crippen LogP contribution in [0, 0.1) is 0 Å². The Balaban J connectivity index is 1.88. The van der Waals surface area contributed by atoms with Crippen LogP contribution in [0.25, 0.3) is 0 Å².